The minimum atomic E-state index is -5.08. The number of alkyl halides is 3. The van der Waals surface area contributed by atoms with Crippen LogP contribution in [-0.2, 0) is 22.6 Å². The highest BCUT2D eigenvalue weighted by Crippen LogP contribution is 2.17. The summed E-state index contributed by atoms with van der Waals surface area (Å²) in [7, 11) is 0. The van der Waals surface area contributed by atoms with Gasteiger partial charge in [-0.15, -0.1) is 0 Å². The summed E-state index contributed by atoms with van der Waals surface area (Å²) in [6.45, 7) is 3.84. The van der Waals surface area contributed by atoms with Crippen molar-refractivity contribution >= 4 is 18.0 Å². The summed E-state index contributed by atoms with van der Waals surface area (Å²) in [5, 5.41) is 10.5. The fourth-order valence-corrected chi connectivity index (χ4v) is 2.81. The first-order valence-corrected chi connectivity index (χ1v) is 8.37. The number of hydrogen-bond donors (Lipinski definition) is 2. The molecule has 0 aromatic heterocycles. The number of carboxylic acid groups (broad SMARTS) is 1. The number of fused-ring (bicyclic) bond motifs is 1. The average Bonchev–Trinajstić information content (AvgIpc) is 3.14. The summed E-state index contributed by atoms with van der Waals surface area (Å²) in [6, 6.07) is 6.48. The van der Waals surface area contributed by atoms with Crippen molar-refractivity contribution in [2.75, 3.05) is 19.6 Å². The van der Waals surface area contributed by atoms with Crippen molar-refractivity contribution < 1.29 is 27.9 Å². The van der Waals surface area contributed by atoms with Gasteiger partial charge in [-0.2, -0.15) is 13.2 Å². The molecule has 2 aliphatic rings. The molecule has 1 fully saturated rings. The van der Waals surface area contributed by atoms with Gasteiger partial charge in [0.05, 0.1) is 0 Å². The minimum Gasteiger partial charge on any atom is -0.475 e. The van der Waals surface area contributed by atoms with Gasteiger partial charge in [0.25, 0.3) is 0 Å². The van der Waals surface area contributed by atoms with Crippen LogP contribution in [0.4, 0.5) is 13.2 Å². The zero-order valence-corrected chi connectivity index (χ0v) is 14.2. The third-order valence-electron chi connectivity index (χ3n) is 4.20. The van der Waals surface area contributed by atoms with Gasteiger partial charge in [-0.1, -0.05) is 18.2 Å². The molecule has 2 heterocycles. The standard InChI is InChI=1S/C16H20N2O.C2HF3O2/c19-16(18-9-1-2-10-18)6-4-13-3-5-15-12-17-8-7-14(15)11-13;3-2(4,5)1(6)7/h3-6,11,17H,1-2,7-10,12H2;(H,6,7). The Hall–Kier alpha value is -2.35. The highest BCUT2D eigenvalue weighted by Gasteiger charge is 2.38. The molecule has 142 valence electrons. The van der Waals surface area contributed by atoms with Gasteiger partial charge in [-0.3, -0.25) is 4.79 Å². The summed E-state index contributed by atoms with van der Waals surface area (Å²) in [4.78, 5) is 22.8. The lowest BCUT2D eigenvalue weighted by Crippen LogP contribution is -2.25. The predicted molar refractivity (Wildman–Crippen MR) is 90.4 cm³/mol. The Balaban J connectivity index is 0.000000298. The fourth-order valence-electron chi connectivity index (χ4n) is 2.81. The average molecular weight is 370 g/mol. The van der Waals surface area contributed by atoms with Crippen molar-refractivity contribution in [1.82, 2.24) is 10.2 Å². The summed E-state index contributed by atoms with van der Waals surface area (Å²) in [6.07, 6.45) is 1.95. The number of hydrogen-bond acceptors (Lipinski definition) is 3. The highest BCUT2D eigenvalue weighted by molar-refractivity contribution is 5.91. The number of rotatable bonds is 2. The van der Waals surface area contributed by atoms with E-state index in [1.807, 2.05) is 11.0 Å². The van der Waals surface area contributed by atoms with Gasteiger partial charge in [-0.05, 0) is 48.6 Å². The molecule has 2 aliphatic heterocycles. The Bertz CT molecular complexity index is 681. The van der Waals surface area contributed by atoms with E-state index in [0.29, 0.717) is 0 Å². The van der Waals surface area contributed by atoms with Crippen LogP contribution in [0.1, 0.15) is 29.5 Å². The molecule has 0 unspecified atom stereocenters. The molecule has 0 radical (unpaired) electrons. The van der Waals surface area contributed by atoms with Crippen LogP contribution in [0.3, 0.4) is 0 Å². The molecule has 0 spiro atoms. The molecule has 26 heavy (non-hydrogen) atoms. The highest BCUT2D eigenvalue weighted by atomic mass is 19.4. The number of nitrogens with zero attached hydrogens (tertiary/aromatic N) is 1. The SMILES string of the molecule is O=C(C=Cc1ccc2c(c1)CCNC2)N1CCCC1.O=C(O)C(F)(F)F. The first-order chi connectivity index (χ1) is 12.3. The monoisotopic (exact) mass is 370 g/mol. The molecule has 8 heteroatoms. The smallest absolute Gasteiger partial charge is 0.475 e. The number of nitrogens with one attached hydrogen (secondary N) is 1. The van der Waals surface area contributed by atoms with Crippen molar-refractivity contribution in [2.24, 2.45) is 0 Å². The first-order valence-electron chi connectivity index (χ1n) is 8.37. The number of carboxylic acids is 1. The van der Waals surface area contributed by atoms with E-state index in [1.54, 1.807) is 6.08 Å². The van der Waals surface area contributed by atoms with Gasteiger partial charge in [0.1, 0.15) is 0 Å². The van der Waals surface area contributed by atoms with Crippen LogP contribution in [-0.4, -0.2) is 47.7 Å². The van der Waals surface area contributed by atoms with Crippen LogP contribution in [0.5, 0.6) is 0 Å². The molecule has 2 N–H and O–H groups in total. The lowest BCUT2D eigenvalue weighted by atomic mass is 9.98. The van der Waals surface area contributed by atoms with E-state index < -0.39 is 12.1 Å². The summed E-state index contributed by atoms with van der Waals surface area (Å²) in [5.74, 6) is -2.61. The Kier molecular flexibility index (Phi) is 6.79. The molecular formula is C18H21F3N2O3. The van der Waals surface area contributed by atoms with Gasteiger partial charge in [0.15, 0.2) is 0 Å². The van der Waals surface area contributed by atoms with E-state index in [1.165, 1.54) is 11.1 Å². The van der Waals surface area contributed by atoms with Crippen LogP contribution in [0, 0.1) is 0 Å². The van der Waals surface area contributed by atoms with Gasteiger partial charge in [-0.25, -0.2) is 4.79 Å². The number of amides is 1. The number of halogens is 3. The maximum Gasteiger partial charge on any atom is 0.490 e. The Labute approximate surface area is 149 Å². The number of benzene rings is 1. The molecule has 1 aromatic carbocycles. The van der Waals surface area contributed by atoms with Crippen LogP contribution in [0.15, 0.2) is 24.3 Å². The number of carbonyl (C=O) groups is 2. The molecule has 0 saturated carbocycles. The Morgan fingerprint density at radius 1 is 1.15 bits per heavy atom. The predicted octanol–water partition coefficient (Wildman–Crippen LogP) is 2.60. The maximum atomic E-state index is 11.9. The number of aliphatic carboxylic acids is 1. The summed E-state index contributed by atoms with van der Waals surface area (Å²) < 4.78 is 31.7. The second kappa shape index (κ2) is 8.84. The third kappa shape index (κ3) is 5.87. The molecule has 0 atom stereocenters. The molecule has 0 bridgehead atoms. The lowest BCUT2D eigenvalue weighted by molar-refractivity contribution is -0.192. The van der Waals surface area contributed by atoms with Crippen molar-refractivity contribution in [3.05, 3.63) is 41.0 Å². The summed E-state index contributed by atoms with van der Waals surface area (Å²) in [5.41, 5.74) is 3.93. The third-order valence-corrected chi connectivity index (χ3v) is 4.20. The normalized spacial score (nSPS) is 16.8. The number of carbonyl (C=O) groups excluding carboxylic acids is 1. The van der Waals surface area contributed by atoms with Gasteiger partial charge < -0.3 is 15.3 Å². The van der Waals surface area contributed by atoms with Crippen molar-refractivity contribution in [2.45, 2.75) is 32.0 Å². The van der Waals surface area contributed by atoms with E-state index in [9.17, 15) is 18.0 Å². The van der Waals surface area contributed by atoms with Gasteiger partial charge in [0, 0.05) is 25.7 Å². The Morgan fingerprint density at radius 3 is 2.42 bits per heavy atom. The lowest BCUT2D eigenvalue weighted by Gasteiger charge is -2.17. The fraction of sp³-hybridized carbons (Fsp3) is 0.444. The van der Waals surface area contributed by atoms with Crippen molar-refractivity contribution in [3.63, 3.8) is 0 Å². The second-order valence-corrected chi connectivity index (χ2v) is 6.12. The van der Waals surface area contributed by atoms with Crippen molar-refractivity contribution in [3.8, 4) is 0 Å². The summed E-state index contributed by atoms with van der Waals surface area (Å²) >= 11 is 0. The largest absolute Gasteiger partial charge is 0.490 e. The van der Waals surface area contributed by atoms with Crippen molar-refractivity contribution in [1.29, 1.82) is 0 Å². The molecule has 1 amide bonds. The van der Waals surface area contributed by atoms with Crippen LogP contribution < -0.4 is 5.32 Å². The Morgan fingerprint density at radius 2 is 1.81 bits per heavy atom. The van der Waals surface area contributed by atoms with E-state index in [0.717, 1.165) is 51.0 Å². The van der Waals surface area contributed by atoms with E-state index in [4.69, 9.17) is 9.90 Å². The molecule has 0 aliphatic carbocycles. The zero-order valence-electron chi connectivity index (χ0n) is 14.2. The van der Waals surface area contributed by atoms with E-state index in [-0.39, 0.29) is 5.91 Å². The van der Waals surface area contributed by atoms with Gasteiger partial charge in [0.2, 0.25) is 5.91 Å². The molecule has 5 nitrogen and oxygen atoms in total. The molecule has 1 saturated heterocycles. The quantitative estimate of drug-likeness (QED) is 0.786. The van der Waals surface area contributed by atoms with E-state index >= 15 is 0 Å². The van der Waals surface area contributed by atoms with Crippen LogP contribution in [0.25, 0.3) is 6.08 Å². The first kappa shape index (κ1) is 20.0. The van der Waals surface area contributed by atoms with Gasteiger partial charge >= 0.3 is 12.1 Å². The second-order valence-electron chi connectivity index (χ2n) is 6.12. The molecule has 3 rings (SSSR count). The van der Waals surface area contributed by atoms with Crippen LogP contribution >= 0.6 is 0 Å². The topological polar surface area (TPSA) is 69.6 Å². The van der Waals surface area contributed by atoms with Crippen LogP contribution in [0.2, 0.25) is 0 Å². The number of likely N-dealkylation sites (tertiary alicyclic amines) is 1. The maximum absolute atomic E-state index is 11.9. The minimum absolute atomic E-state index is 0.150. The molecular weight excluding hydrogens is 349 g/mol. The van der Waals surface area contributed by atoms with E-state index in [2.05, 4.69) is 23.5 Å². The zero-order chi connectivity index (χ0) is 19.2. The molecule has 1 aromatic rings.